The number of nitriles is 1. The Labute approximate surface area is 234 Å². The van der Waals surface area contributed by atoms with Crippen LogP contribution in [-0.2, 0) is 5.41 Å². The number of benzene rings is 2. The zero-order chi connectivity index (χ0) is 27.9. The van der Waals surface area contributed by atoms with E-state index in [2.05, 4.69) is 51.1 Å². The van der Waals surface area contributed by atoms with Gasteiger partial charge in [0.2, 0.25) is 0 Å². The Morgan fingerprint density at radius 1 is 1.15 bits per heavy atom. The summed E-state index contributed by atoms with van der Waals surface area (Å²) in [6, 6.07) is 16.5. The number of nitrogens with zero attached hydrogens (tertiary/aromatic N) is 4. The highest BCUT2D eigenvalue weighted by Crippen LogP contribution is 2.37. The maximum atomic E-state index is 13.4. The number of piperazine rings is 1. The number of fused-ring (bicyclic) bond motifs is 2. The van der Waals surface area contributed by atoms with Gasteiger partial charge in [0.05, 0.1) is 16.5 Å². The van der Waals surface area contributed by atoms with Crippen molar-refractivity contribution in [3.63, 3.8) is 0 Å². The molecule has 0 aliphatic carbocycles. The van der Waals surface area contributed by atoms with Crippen LogP contribution in [0.15, 0.2) is 48.7 Å². The summed E-state index contributed by atoms with van der Waals surface area (Å²) in [6.07, 6.45) is 2.70. The van der Waals surface area contributed by atoms with Crippen LogP contribution in [0, 0.1) is 30.1 Å². The minimum atomic E-state index is -0.697. The summed E-state index contributed by atoms with van der Waals surface area (Å²) in [6.45, 7) is 7.71. The van der Waals surface area contributed by atoms with Gasteiger partial charge in [0.15, 0.2) is 0 Å². The number of carbonyl (C=O) groups is 1. The van der Waals surface area contributed by atoms with E-state index in [0.717, 1.165) is 41.9 Å². The van der Waals surface area contributed by atoms with E-state index >= 15 is 0 Å². The topological polar surface area (TPSA) is 98.3 Å². The molecule has 2 aliphatic heterocycles. The molecule has 5 rings (SSSR count). The average Bonchev–Trinajstić information content (AvgIpc) is 3.49. The van der Waals surface area contributed by atoms with Crippen LogP contribution < -0.4 is 16.0 Å². The minimum absolute atomic E-state index is 0.240. The highest BCUT2D eigenvalue weighted by atomic mass is 35.5. The maximum absolute atomic E-state index is 13.4. The molecule has 0 radical (unpaired) electrons. The summed E-state index contributed by atoms with van der Waals surface area (Å²) in [5.74, 6) is 6.18. The van der Waals surface area contributed by atoms with Crippen LogP contribution in [0.1, 0.15) is 52.9 Å². The summed E-state index contributed by atoms with van der Waals surface area (Å²) >= 11 is 6.07. The number of amides is 1. The monoisotopic (exact) mass is 538 g/mol. The Morgan fingerprint density at radius 2 is 1.95 bits per heavy atom. The molecule has 2 aliphatic rings. The van der Waals surface area contributed by atoms with Gasteiger partial charge in [-0.1, -0.05) is 29.5 Å². The normalized spacial score (nSPS) is 18.4. The Morgan fingerprint density at radius 3 is 2.62 bits per heavy atom. The summed E-state index contributed by atoms with van der Waals surface area (Å²) in [7, 11) is 2.17. The van der Waals surface area contributed by atoms with E-state index in [9.17, 15) is 10.1 Å². The number of likely N-dealkylation sites (tertiary alicyclic amines) is 1. The van der Waals surface area contributed by atoms with E-state index < -0.39 is 5.41 Å². The van der Waals surface area contributed by atoms with Gasteiger partial charge in [-0.15, -0.1) is 0 Å². The highest BCUT2D eigenvalue weighted by molar-refractivity contribution is 6.32. The largest absolute Gasteiger partial charge is 0.382 e. The number of carbonyl (C=O) groups excluding carboxylic acids is 1. The van der Waals surface area contributed by atoms with Crippen LogP contribution >= 0.6 is 11.6 Å². The SMILES string of the molecule is Cc1ccc(C(=O)Nc2cc(N3C[C@H]4C[C@@H]3CN4C)cc(C(C)(C)C#N)c2)cc1C#Cc1cnc(N)c(Cl)c1. The van der Waals surface area contributed by atoms with Gasteiger partial charge in [-0.2, -0.15) is 5.26 Å². The number of anilines is 3. The molecule has 2 aromatic carbocycles. The predicted octanol–water partition coefficient (Wildman–Crippen LogP) is 4.97. The Bertz CT molecular complexity index is 1560. The van der Waals surface area contributed by atoms with E-state index in [4.69, 9.17) is 17.3 Å². The molecule has 3 aromatic rings. The third kappa shape index (κ3) is 5.43. The van der Waals surface area contributed by atoms with Crippen LogP contribution in [0.4, 0.5) is 17.2 Å². The number of aromatic nitrogens is 1. The first-order valence-corrected chi connectivity index (χ1v) is 13.3. The molecule has 1 amide bonds. The Balaban J connectivity index is 1.42. The number of halogens is 1. The molecule has 39 heavy (non-hydrogen) atoms. The van der Waals surface area contributed by atoms with Crippen LogP contribution in [0.3, 0.4) is 0 Å². The molecular weight excluding hydrogens is 508 g/mol. The van der Waals surface area contributed by atoms with E-state index in [0.29, 0.717) is 33.9 Å². The smallest absolute Gasteiger partial charge is 0.255 e. The molecule has 0 saturated carbocycles. The molecule has 198 valence electrons. The summed E-state index contributed by atoms with van der Waals surface area (Å²) < 4.78 is 0. The second-order valence-electron chi connectivity index (χ2n) is 11.0. The van der Waals surface area contributed by atoms with Crippen molar-refractivity contribution in [3.05, 3.63) is 81.5 Å². The van der Waals surface area contributed by atoms with Gasteiger partial charge in [0.25, 0.3) is 5.91 Å². The van der Waals surface area contributed by atoms with E-state index in [1.807, 2.05) is 39.0 Å². The van der Waals surface area contributed by atoms with Gasteiger partial charge in [-0.25, -0.2) is 4.98 Å². The number of hydrogen-bond donors (Lipinski definition) is 2. The van der Waals surface area contributed by atoms with Crippen LogP contribution in [0.2, 0.25) is 5.02 Å². The van der Waals surface area contributed by atoms with Crippen molar-refractivity contribution in [2.45, 2.75) is 44.7 Å². The van der Waals surface area contributed by atoms with Crippen LogP contribution in [0.5, 0.6) is 0 Å². The fraction of sp³-hybridized carbons (Fsp3) is 0.323. The van der Waals surface area contributed by atoms with Gasteiger partial charge in [-0.05, 0) is 81.8 Å². The molecule has 2 fully saturated rings. The average molecular weight is 539 g/mol. The van der Waals surface area contributed by atoms with Crippen molar-refractivity contribution in [2.24, 2.45) is 0 Å². The summed E-state index contributed by atoms with van der Waals surface area (Å²) in [5, 5.41) is 13.2. The number of nitrogens with one attached hydrogen (secondary N) is 1. The number of aryl methyl sites for hydroxylation is 1. The Hall–Kier alpha value is -4.04. The Kier molecular flexibility index (Phi) is 6.99. The van der Waals surface area contributed by atoms with Gasteiger partial charge < -0.3 is 16.0 Å². The van der Waals surface area contributed by atoms with Gasteiger partial charge >= 0.3 is 0 Å². The van der Waals surface area contributed by atoms with Crippen molar-refractivity contribution in [1.82, 2.24) is 9.88 Å². The van der Waals surface area contributed by atoms with Gasteiger partial charge in [-0.3, -0.25) is 9.69 Å². The van der Waals surface area contributed by atoms with E-state index in [1.165, 1.54) is 0 Å². The lowest BCUT2D eigenvalue weighted by Gasteiger charge is -2.34. The standard InChI is InChI=1S/C31H31ClN6O/c1-19-5-7-22(10-21(19)8-6-20-9-28(32)29(34)35-15-20)30(39)36-24-11-23(31(2,3)18-33)12-25(13-24)38-17-26-14-27(38)16-37(26)4/h5,7,9-13,15,26-27H,14,16-17H2,1-4H3,(H2,34,35)(H,36,39)/t26-,27-/m1/s1. The number of rotatable bonds is 4. The molecule has 8 heteroatoms. The number of likely N-dealkylation sites (N-methyl/N-ethyl adjacent to an activating group) is 1. The van der Waals surface area contributed by atoms with Crippen molar-refractivity contribution in [1.29, 1.82) is 5.26 Å². The first-order valence-electron chi connectivity index (χ1n) is 12.9. The zero-order valence-corrected chi connectivity index (χ0v) is 23.3. The van der Waals surface area contributed by atoms with Crippen molar-refractivity contribution in [2.75, 3.05) is 36.1 Å². The van der Waals surface area contributed by atoms with Crippen LogP contribution in [-0.4, -0.2) is 48.0 Å². The molecule has 0 spiro atoms. The van der Waals surface area contributed by atoms with Crippen molar-refractivity contribution in [3.8, 4) is 17.9 Å². The second-order valence-corrected chi connectivity index (χ2v) is 11.4. The van der Waals surface area contributed by atoms with E-state index in [1.54, 1.807) is 24.4 Å². The fourth-order valence-corrected chi connectivity index (χ4v) is 5.38. The molecule has 0 unspecified atom stereocenters. The highest BCUT2D eigenvalue weighted by Gasteiger charge is 2.41. The summed E-state index contributed by atoms with van der Waals surface area (Å²) in [4.78, 5) is 22.2. The van der Waals surface area contributed by atoms with Crippen molar-refractivity contribution < 1.29 is 4.79 Å². The predicted molar refractivity (Wildman–Crippen MR) is 156 cm³/mol. The number of nitrogen functional groups attached to an aromatic ring is 1. The summed E-state index contributed by atoms with van der Waals surface area (Å²) in [5.41, 5.74) is 10.4. The first kappa shape index (κ1) is 26.6. The molecule has 2 bridgehead atoms. The number of hydrogen-bond acceptors (Lipinski definition) is 6. The van der Waals surface area contributed by atoms with Crippen molar-refractivity contribution >= 4 is 34.7 Å². The number of pyridine rings is 1. The lowest BCUT2D eigenvalue weighted by atomic mass is 9.85. The molecule has 2 saturated heterocycles. The van der Waals surface area contributed by atoms with Gasteiger partial charge in [0.1, 0.15) is 5.82 Å². The molecule has 3 heterocycles. The van der Waals surface area contributed by atoms with Gasteiger partial charge in [0, 0.05) is 59.4 Å². The lowest BCUT2D eigenvalue weighted by Crippen LogP contribution is -2.44. The quantitative estimate of drug-likeness (QED) is 0.455. The minimum Gasteiger partial charge on any atom is -0.382 e. The fourth-order valence-electron chi connectivity index (χ4n) is 5.21. The third-order valence-corrected chi connectivity index (χ3v) is 8.04. The molecule has 3 N–H and O–H groups in total. The van der Waals surface area contributed by atoms with Crippen LogP contribution in [0.25, 0.3) is 0 Å². The van der Waals surface area contributed by atoms with E-state index in [-0.39, 0.29) is 11.7 Å². The molecule has 1 aromatic heterocycles. The molecular formula is C31H31ClN6O. The molecule has 2 atom stereocenters. The third-order valence-electron chi connectivity index (χ3n) is 7.73. The first-order chi connectivity index (χ1) is 18.5. The number of nitrogens with two attached hydrogens (primary N) is 1. The second kappa shape index (κ2) is 10.3. The zero-order valence-electron chi connectivity index (χ0n) is 22.5. The molecule has 7 nitrogen and oxygen atoms in total. The lowest BCUT2D eigenvalue weighted by molar-refractivity contribution is 0.102. The maximum Gasteiger partial charge on any atom is 0.255 e.